The number of methoxy groups -OCH3 is 2. The molecular weight excluding hydrogens is 322 g/mol. The summed E-state index contributed by atoms with van der Waals surface area (Å²) in [6, 6.07) is 9.60. The summed E-state index contributed by atoms with van der Waals surface area (Å²) in [6.07, 6.45) is 0. The number of carbonyl (C=O) groups is 2. The predicted molar refractivity (Wildman–Crippen MR) is 93.5 cm³/mol. The topological polar surface area (TPSA) is 76.1 Å². The van der Waals surface area contributed by atoms with Gasteiger partial charge in [0.1, 0.15) is 0 Å². The van der Waals surface area contributed by atoms with Gasteiger partial charge in [-0.15, -0.1) is 0 Å². The summed E-state index contributed by atoms with van der Waals surface area (Å²) in [7, 11) is 4.84. The van der Waals surface area contributed by atoms with E-state index >= 15 is 0 Å². The average molecular weight is 343 g/mol. The highest BCUT2D eigenvalue weighted by atomic mass is 16.5. The first-order valence-corrected chi connectivity index (χ1v) is 7.67. The Morgan fingerprint density at radius 1 is 1.00 bits per heavy atom. The molecule has 132 valence electrons. The third-order valence-electron chi connectivity index (χ3n) is 3.98. The van der Waals surface area contributed by atoms with Crippen molar-refractivity contribution in [3.63, 3.8) is 0 Å². The molecule has 0 saturated carbocycles. The average Bonchev–Trinajstić information content (AvgIpc) is 2.62. The fraction of sp³-hybridized carbons (Fsp3) is 0.263. The second-order valence-electron chi connectivity index (χ2n) is 5.68. The molecule has 6 heteroatoms. The van der Waals surface area contributed by atoms with Gasteiger partial charge in [0.05, 0.1) is 19.8 Å². The Kier molecular flexibility index (Phi) is 5.64. The number of rotatable bonds is 6. The van der Waals surface area contributed by atoms with Gasteiger partial charge in [-0.05, 0) is 54.4 Å². The number of carboxylic acid groups (broad SMARTS) is 1. The Morgan fingerprint density at radius 3 is 2.04 bits per heavy atom. The number of nitrogens with zero attached hydrogens (tertiary/aromatic N) is 1. The van der Waals surface area contributed by atoms with E-state index in [9.17, 15) is 9.59 Å². The van der Waals surface area contributed by atoms with Crippen LogP contribution in [0.2, 0.25) is 0 Å². The number of hydrogen-bond donors (Lipinski definition) is 1. The van der Waals surface area contributed by atoms with E-state index < -0.39 is 5.97 Å². The third kappa shape index (κ3) is 4.09. The molecule has 2 aromatic rings. The zero-order valence-electron chi connectivity index (χ0n) is 14.7. The molecule has 1 N–H and O–H groups in total. The summed E-state index contributed by atoms with van der Waals surface area (Å²) >= 11 is 0. The van der Waals surface area contributed by atoms with Gasteiger partial charge in [-0.3, -0.25) is 4.79 Å². The van der Waals surface area contributed by atoms with Crippen LogP contribution in [0.1, 0.15) is 31.8 Å². The lowest BCUT2D eigenvalue weighted by Crippen LogP contribution is -2.26. The highest BCUT2D eigenvalue weighted by molar-refractivity contribution is 5.95. The van der Waals surface area contributed by atoms with E-state index in [0.717, 1.165) is 11.1 Å². The molecule has 0 spiro atoms. The summed E-state index contributed by atoms with van der Waals surface area (Å²) in [5.74, 6) is 0.0381. The van der Waals surface area contributed by atoms with Crippen LogP contribution in [0.4, 0.5) is 0 Å². The lowest BCUT2D eigenvalue weighted by atomic mass is 10.1. The van der Waals surface area contributed by atoms with Crippen LogP contribution in [0, 0.1) is 6.92 Å². The summed E-state index contributed by atoms with van der Waals surface area (Å²) in [6.45, 7) is 2.34. The second kappa shape index (κ2) is 7.70. The zero-order chi connectivity index (χ0) is 18.6. The van der Waals surface area contributed by atoms with Crippen molar-refractivity contribution < 1.29 is 24.2 Å². The van der Waals surface area contributed by atoms with Crippen molar-refractivity contribution in [2.24, 2.45) is 0 Å². The maximum atomic E-state index is 12.5. The molecule has 0 aliphatic heterocycles. The molecule has 2 aromatic carbocycles. The van der Waals surface area contributed by atoms with Gasteiger partial charge in [-0.2, -0.15) is 0 Å². The van der Waals surface area contributed by atoms with Gasteiger partial charge in [0, 0.05) is 19.2 Å². The molecular formula is C19H21NO5. The van der Waals surface area contributed by atoms with Crippen molar-refractivity contribution in [3.05, 3.63) is 58.7 Å². The molecule has 0 aromatic heterocycles. The van der Waals surface area contributed by atoms with Crippen LogP contribution in [-0.2, 0) is 6.54 Å². The van der Waals surface area contributed by atoms with E-state index in [-0.39, 0.29) is 11.5 Å². The predicted octanol–water partition coefficient (Wildman–Crippen LogP) is 2.98. The van der Waals surface area contributed by atoms with Crippen LogP contribution in [0.15, 0.2) is 36.4 Å². The number of benzene rings is 2. The van der Waals surface area contributed by atoms with Gasteiger partial charge in [0.2, 0.25) is 0 Å². The first-order valence-electron chi connectivity index (χ1n) is 7.67. The van der Waals surface area contributed by atoms with Crippen molar-refractivity contribution >= 4 is 11.9 Å². The van der Waals surface area contributed by atoms with Gasteiger partial charge >= 0.3 is 5.97 Å². The minimum atomic E-state index is -1.02. The van der Waals surface area contributed by atoms with Crippen molar-refractivity contribution in [2.45, 2.75) is 13.5 Å². The number of carbonyl (C=O) groups excluding carboxylic acids is 1. The largest absolute Gasteiger partial charge is 0.493 e. The molecule has 0 radical (unpaired) electrons. The smallest absolute Gasteiger partial charge is 0.335 e. The number of ether oxygens (including phenoxy) is 2. The maximum absolute atomic E-state index is 12.5. The van der Waals surface area contributed by atoms with Gasteiger partial charge < -0.3 is 19.5 Å². The van der Waals surface area contributed by atoms with Crippen LogP contribution in [0.5, 0.6) is 11.5 Å². The Bertz CT molecular complexity index is 783. The fourth-order valence-electron chi connectivity index (χ4n) is 2.50. The SMILES string of the molecule is COc1cc(C)c(CN(C)C(=O)c2ccc(C(=O)O)cc2)cc1OC. The van der Waals surface area contributed by atoms with Crippen LogP contribution in [0.3, 0.4) is 0 Å². The number of aryl methyl sites for hydroxylation is 1. The van der Waals surface area contributed by atoms with Crippen molar-refractivity contribution in [3.8, 4) is 11.5 Å². The van der Waals surface area contributed by atoms with Crippen LogP contribution in [-0.4, -0.2) is 43.2 Å². The van der Waals surface area contributed by atoms with E-state index in [1.807, 2.05) is 19.1 Å². The molecule has 0 bridgehead atoms. The Morgan fingerprint density at radius 2 is 1.52 bits per heavy atom. The van der Waals surface area contributed by atoms with E-state index in [4.69, 9.17) is 14.6 Å². The van der Waals surface area contributed by atoms with Crippen molar-refractivity contribution in [2.75, 3.05) is 21.3 Å². The highest BCUT2D eigenvalue weighted by Gasteiger charge is 2.16. The molecule has 6 nitrogen and oxygen atoms in total. The first kappa shape index (κ1) is 18.3. The Hall–Kier alpha value is -3.02. The molecule has 2 rings (SSSR count). The molecule has 0 aliphatic rings. The molecule has 0 saturated heterocycles. The van der Waals surface area contributed by atoms with Gasteiger partial charge in [-0.1, -0.05) is 0 Å². The number of aromatic carboxylic acids is 1. The van der Waals surface area contributed by atoms with Gasteiger partial charge in [-0.25, -0.2) is 4.79 Å². The minimum absolute atomic E-state index is 0.148. The lowest BCUT2D eigenvalue weighted by molar-refractivity contribution is 0.0695. The van der Waals surface area contributed by atoms with E-state index in [2.05, 4.69) is 0 Å². The molecule has 1 amide bonds. The van der Waals surface area contributed by atoms with E-state index in [1.165, 1.54) is 24.3 Å². The minimum Gasteiger partial charge on any atom is -0.493 e. The maximum Gasteiger partial charge on any atom is 0.335 e. The summed E-state index contributed by atoms with van der Waals surface area (Å²) in [5.41, 5.74) is 2.51. The molecule has 0 atom stereocenters. The summed E-state index contributed by atoms with van der Waals surface area (Å²) in [4.78, 5) is 25.0. The lowest BCUT2D eigenvalue weighted by Gasteiger charge is -2.20. The van der Waals surface area contributed by atoms with E-state index in [1.54, 1.807) is 26.2 Å². The zero-order valence-corrected chi connectivity index (χ0v) is 14.7. The molecule has 0 fully saturated rings. The first-order chi connectivity index (χ1) is 11.9. The summed E-state index contributed by atoms with van der Waals surface area (Å²) < 4.78 is 10.6. The highest BCUT2D eigenvalue weighted by Crippen LogP contribution is 2.30. The van der Waals surface area contributed by atoms with Crippen molar-refractivity contribution in [1.29, 1.82) is 0 Å². The third-order valence-corrected chi connectivity index (χ3v) is 3.98. The fourth-order valence-corrected chi connectivity index (χ4v) is 2.50. The monoisotopic (exact) mass is 343 g/mol. The molecule has 0 unspecified atom stereocenters. The molecule has 25 heavy (non-hydrogen) atoms. The van der Waals surface area contributed by atoms with Crippen LogP contribution >= 0.6 is 0 Å². The van der Waals surface area contributed by atoms with Gasteiger partial charge in [0.25, 0.3) is 5.91 Å². The molecule has 0 heterocycles. The quantitative estimate of drug-likeness (QED) is 0.872. The normalized spacial score (nSPS) is 10.2. The molecule has 0 aliphatic carbocycles. The van der Waals surface area contributed by atoms with Crippen LogP contribution in [0.25, 0.3) is 0 Å². The Labute approximate surface area is 146 Å². The number of hydrogen-bond acceptors (Lipinski definition) is 4. The number of amides is 1. The van der Waals surface area contributed by atoms with E-state index in [0.29, 0.717) is 23.6 Å². The van der Waals surface area contributed by atoms with Gasteiger partial charge in [0.15, 0.2) is 11.5 Å². The standard InChI is InChI=1S/C19H21NO5/c1-12-9-16(24-3)17(25-4)10-15(12)11-20(2)18(21)13-5-7-14(8-6-13)19(22)23/h5-10H,11H2,1-4H3,(H,22,23). The van der Waals surface area contributed by atoms with Crippen molar-refractivity contribution in [1.82, 2.24) is 4.90 Å². The number of carboxylic acids is 1. The van der Waals surface area contributed by atoms with Crippen LogP contribution < -0.4 is 9.47 Å². The second-order valence-corrected chi connectivity index (χ2v) is 5.68. The Balaban J connectivity index is 2.19. The summed E-state index contributed by atoms with van der Waals surface area (Å²) in [5, 5.41) is 8.92.